The molecule has 3 rings (SSSR count). The van der Waals surface area contributed by atoms with Crippen LogP contribution >= 0.6 is 0 Å². The minimum atomic E-state index is -0.619. The summed E-state index contributed by atoms with van der Waals surface area (Å²) in [5.74, 6) is -0.239. The van der Waals surface area contributed by atoms with Crippen LogP contribution in [-0.2, 0) is 17.9 Å². The van der Waals surface area contributed by atoms with E-state index < -0.39 is 6.03 Å². The number of carbonyl (C=O) groups excluding carboxylic acids is 2. The minimum absolute atomic E-state index is 0.239. The third kappa shape index (κ3) is 5.80. The molecule has 0 radical (unpaired) electrons. The van der Waals surface area contributed by atoms with E-state index in [0.717, 1.165) is 11.1 Å². The highest BCUT2D eigenvalue weighted by atomic mass is 16.2. The molecule has 1 heterocycles. The molecule has 0 saturated heterocycles. The first-order valence-corrected chi connectivity index (χ1v) is 8.64. The predicted octanol–water partition coefficient (Wildman–Crippen LogP) is 2.15. The number of nitrogens with two attached hydrogens (primary N) is 1. The topological polar surface area (TPSA) is 115 Å². The fourth-order valence-electron chi connectivity index (χ4n) is 2.49. The molecule has 8 nitrogen and oxygen atoms in total. The maximum atomic E-state index is 12.0. The highest BCUT2D eigenvalue weighted by Gasteiger charge is 2.02. The highest BCUT2D eigenvalue weighted by Crippen LogP contribution is 2.09. The van der Waals surface area contributed by atoms with Crippen molar-refractivity contribution in [1.82, 2.24) is 20.3 Å². The largest absolute Gasteiger partial charge is 0.351 e. The Morgan fingerprint density at radius 3 is 2.50 bits per heavy atom. The van der Waals surface area contributed by atoms with Crippen molar-refractivity contribution in [2.75, 3.05) is 5.32 Å². The quantitative estimate of drug-likeness (QED) is 0.548. The smallest absolute Gasteiger partial charge is 0.316 e. The molecule has 3 amide bonds. The molecule has 0 spiro atoms. The van der Waals surface area contributed by atoms with Crippen LogP contribution in [0.4, 0.5) is 10.5 Å². The molecule has 0 fully saturated rings. The van der Waals surface area contributed by atoms with Gasteiger partial charge in [-0.05, 0) is 29.3 Å². The van der Waals surface area contributed by atoms with Crippen LogP contribution in [0, 0.1) is 0 Å². The number of nitrogens with one attached hydrogen (secondary N) is 2. The summed E-state index contributed by atoms with van der Waals surface area (Å²) in [6.07, 6.45) is 4.81. The summed E-state index contributed by atoms with van der Waals surface area (Å²) < 4.78 is 1.72. The van der Waals surface area contributed by atoms with Gasteiger partial charge in [0.05, 0.1) is 12.7 Å². The monoisotopic (exact) mass is 376 g/mol. The number of aromatic nitrogens is 3. The lowest BCUT2D eigenvalue weighted by Gasteiger charge is -2.05. The molecular formula is C20H20N6O2. The fourth-order valence-corrected chi connectivity index (χ4v) is 2.49. The second-order valence-corrected chi connectivity index (χ2v) is 6.06. The van der Waals surface area contributed by atoms with Gasteiger partial charge in [-0.25, -0.2) is 9.48 Å². The number of urea groups is 1. The van der Waals surface area contributed by atoms with Crippen molar-refractivity contribution in [3.63, 3.8) is 0 Å². The number of primary amides is 1. The first kappa shape index (κ1) is 18.8. The van der Waals surface area contributed by atoms with E-state index in [0.29, 0.717) is 24.5 Å². The number of anilines is 1. The number of amides is 3. The van der Waals surface area contributed by atoms with Gasteiger partial charge in [-0.15, -0.1) is 5.10 Å². The average Bonchev–Trinajstić information content (AvgIpc) is 3.13. The number of benzene rings is 2. The molecule has 142 valence electrons. The summed E-state index contributed by atoms with van der Waals surface area (Å²) in [4.78, 5) is 22.8. The van der Waals surface area contributed by atoms with Gasteiger partial charge in [0.25, 0.3) is 0 Å². The van der Waals surface area contributed by atoms with Crippen molar-refractivity contribution in [3.05, 3.63) is 83.7 Å². The molecule has 2 aromatic carbocycles. The molecule has 1 aromatic heterocycles. The Morgan fingerprint density at radius 2 is 1.79 bits per heavy atom. The summed E-state index contributed by atoms with van der Waals surface area (Å²) in [6.45, 7) is 0.981. The zero-order valence-corrected chi connectivity index (χ0v) is 15.1. The van der Waals surface area contributed by atoms with E-state index in [1.54, 1.807) is 41.2 Å². The summed E-state index contributed by atoms with van der Waals surface area (Å²) in [6, 6.07) is 16.3. The third-order valence-corrected chi connectivity index (χ3v) is 3.84. The van der Waals surface area contributed by atoms with E-state index in [9.17, 15) is 9.59 Å². The second-order valence-electron chi connectivity index (χ2n) is 6.06. The van der Waals surface area contributed by atoms with E-state index in [1.165, 1.54) is 6.08 Å². The van der Waals surface area contributed by atoms with Gasteiger partial charge in [0.1, 0.15) is 5.69 Å². The van der Waals surface area contributed by atoms with Crippen molar-refractivity contribution in [2.45, 2.75) is 13.1 Å². The van der Waals surface area contributed by atoms with Crippen LogP contribution in [0.1, 0.15) is 16.8 Å². The van der Waals surface area contributed by atoms with E-state index in [-0.39, 0.29) is 5.91 Å². The van der Waals surface area contributed by atoms with E-state index >= 15 is 0 Å². The predicted molar refractivity (Wildman–Crippen MR) is 106 cm³/mol. The van der Waals surface area contributed by atoms with Crippen LogP contribution < -0.4 is 16.4 Å². The first-order valence-electron chi connectivity index (χ1n) is 8.64. The Morgan fingerprint density at radius 1 is 1.04 bits per heavy atom. The van der Waals surface area contributed by atoms with E-state index in [1.807, 2.05) is 30.3 Å². The molecule has 0 aliphatic heterocycles. The van der Waals surface area contributed by atoms with Gasteiger partial charge >= 0.3 is 6.03 Å². The van der Waals surface area contributed by atoms with Crippen LogP contribution in [0.3, 0.4) is 0 Å². The molecule has 0 aliphatic carbocycles. The summed E-state index contributed by atoms with van der Waals surface area (Å²) in [7, 11) is 0. The van der Waals surface area contributed by atoms with Crippen LogP contribution in [0.15, 0.2) is 66.9 Å². The summed E-state index contributed by atoms with van der Waals surface area (Å²) >= 11 is 0. The van der Waals surface area contributed by atoms with Crippen molar-refractivity contribution in [1.29, 1.82) is 0 Å². The van der Waals surface area contributed by atoms with E-state index in [4.69, 9.17) is 5.73 Å². The van der Waals surface area contributed by atoms with Crippen LogP contribution in [0.25, 0.3) is 6.08 Å². The van der Waals surface area contributed by atoms with Crippen LogP contribution in [0.2, 0.25) is 0 Å². The third-order valence-electron chi connectivity index (χ3n) is 3.84. The maximum Gasteiger partial charge on any atom is 0.316 e. The Balaban J connectivity index is 1.48. The minimum Gasteiger partial charge on any atom is -0.351 e. The van der Waals surface area contributed by atoms with Gasteiger partial charge in [0, 0.05) is 18.3 Å². The molecule has 0 aliphatic rings. The lowest BCUT2D eigenvalue weighted by Crippen LogP contribution is -2.20. The molecule has 28 heavy (non-hydrogen) atoms. The molecule has 8 heteroatoms. The Hall–Kier alpha value is -3.94. The SMILES string of the molecule is NC(=O)Nc1ccc(CNC(=O)/C=C/c2cn(Cc3ccccc3)nn2)cc1. The molecular weight excluding hydrogens is 356 g/mol. The lowest BCUT2D eigenvalue weighted by molar-refractivity contribution is -0.116. The van der Waals surface area contributed by atoms with Gasteiger partial charge in [-0.1, -0.05) is 47.7 Å². The van der Waals surface area contributed by atoms with Gasteiger partial charge in [-0.3, -0.25) is 4.79 Å². The average molecular weight is 376 g/mol. The Bertz CT molecular complexity index is 964. The summed E-state index contributed by atoms with van der Waals surface area (Å²) in [5, 5.41) is 13.4. The van der Waals surface area contributed by atoms with Crippen molar-refractivity contribution in [2.24, 2.45) is 5.73 Å². The molecule has 0 unspecified atom stereocenters. The van der Waals surface area contributed by atoms with Crippen molar-refractivity contribution in [3.8, 4) is 0 Å². The van der Waals surface area contributed by atoms with Gasteiger partial charge in [-0.2, -0.15) is 0 Å². The Labute approximate surface area is 162 Å². The van der Waals surface area contributed by atoms with Gasteiger partial charge < -0.3 is 16.4 Å². The molecule has 3 aromatic rings. The normalized spacial score (nSPS) is 10.7. The standard InChI is InChI=1S/C20H20N6O2/c21-20(28)23-17-8-6-15(7-9-17)12-22-19(27)11-10-18-14-26(25-24-18)13-16-4-2-1-3-5-16/h1-11,14H,12-13H2,(H,22,27)(H3,21,23,28)/b11-10+. The van der Waals surface area contributed by atoms with Crippen molar-refractivity contribution >= 4 is 23.7 Å². The van der Waals surface area contributed by atoms with Gasteiger partial charge in [0.15, 0.2) is 0 Å². The van der Waals surface area contributed by atoms with Gasteiger partial charge in [0.2, 0.25) is 5.91 Å². The maximum absolute atomic E-state index is 12.0. The number of hydrogen-bond acceptors (Lipinski definition) is 4. The lowest BCUT2D eigenvalue weighted by atomic mass is 10.2. The van der Waals surface area contributed by atoms with Crippen molar-refractivity contribution < 1.29 is 9.59 Å². The highest BCUT2D eigenvalue weighted by molar-refractivity contribution is 5.91. The van der Waals surface area contributed by atoms with Crippen LogP contribution in [-0.4, -0.2) is 26.9 Å². The number of carbonyl (C=O) groups is 2. The zero-order chi connectivity index (χ0) is 19.8. The summed E-state index contributed by atoms with van der Waals surface area (Å²) in [5.41, 5.74) is 8.28. The fraction of sp³-hybridized carbons (Fsp3) is 0.100. The number of hydrogen-bond donors (Lipinski definition) is 3. The molecule has 4 N–H and O–H groups in total. The first-order chi connectivity index (χ1) is 13.6. The van der Waals surface area contributed by atoms with Crippen LogP contribution in [0.5, 0.6) is 0 Å². The second kappa shape index (κ2) is 9.13. The molecule has 0 saturated carbocycles. The zero-order valence-electron chi connectivity index (χ0n) is 15.1. The molecule has 0 atom stereocenters. The van der Waals surface area contributed by atoms with E-state index in [2.05, 4.69) is 20.9 Å². The molecule has 0 bridgehead atoms. The Kier molecular flexibility index (Phi) is 6.14. The number of nitrogens with zero attached hydrogens (tertiary/aromatic N) is 3. The number of rotatable bonds is 7.